The molecule has 0 aliphatic heterocycles. The van der Waals surface area contributed by atoms with Crippen LogP contribution in [0.2, 0.25) is 10.0 Å². The fourth-order valence-corrected chi connectivity index (χ4v) is 2.19. The number of hydrogen-bond donors (Lipinski definition) is 1. The lowest BCUT2D eigenvalue weighted by molar-refractivity contribution is -0.139. The number of carboxylic acids is 1. The van der Waals surface area contributed by atoms with Crippen molar-refractivity contribution in [2.24, 2.45) is 5.92 Å². The summed E-state index contributed by atoms with van der Waals surface area (Å²) in [6, 6.07) is 14.6. The van der Waals surface area contributed by atoms with Crippen molar-refractivity contribution in [3.8, 4) is 0 Å². The van der Waals surface area contributed by atoms with Crippen LogP contribution in [0.25, 0.3) is 5.57 Å². The summed E-state index contributed by atoms with van der Waals surface area (Å²) in [5.41, 5.74) is 2.67. The molecule has 0 aliphatic carbocycles. The highest BCUT2D eigenvalue weighted by molar-refractivity contribution is 6.31. The molecule has 2 aromatic carbocycles. The van der Waals surface area contributed by atoms with Gasteiger partial charge in [-0.1, -0.05) is 53.5 Å². The van der Waals surface area contributed by atoms with Gasteiger partial charge in [0.1, 0.15) is 0 Å². The second-order valence-corrected chi connectivity index (χ2v) is 5.59. The molecule has 0 heterocycles. The summed E-state index contributed by atoms with van der Waals surface area (Å²) in [6.07, 6.45) is 1.73. The van der Waals surface area contributed by atoms with Crippen molar-refractivity contribution in [2.75, 3.05) is 0 Å². The quantitative estimate of drug-likeness (QED) is 0.846. The van der Waals surface area contributed by atoms with E-state index in [0.29, 0.717) is 10.0 Å². The van der Waals surface area contributed by atoms with Gasteiger partial charge in [-0.15, -0.1) is 0 Å². The van der Waals surface area contributed by atoms with E-state index in [4.69, 9.17) is 28.3 Å². The van der Waals surface area contributed by atoms with Crippen molar-refractivity contribution >= 4 is 34.7 Å². The van der Waals surface area contributed by atoms with Crippen LogP contribution in [0.5, 0.6) is 0 Å². The number of halogens is 2. The molecule has 0 spiro atoms. The highest BCUT2D eigenvalue weighted by atomic mass is 35.5. The molecule has 2 rings (SSSR count). The van der Waals surface area contributed by atoms with Crippen molar-refractivity contribution in [3.63, 3.8) is 0 Å². The van der Waals surface area contributed by atoms with Gasteiger partial charge in [-0.25, -0.2) is 0 Å². The lowest BCUT2D eigenvalue weighted by atomic mass is 9.94. The Balaban J connectivity index is 2.51. The largest absolute Gasteiger partial charge is 0.481 e. The molecule has 0 saturated heterocycles. The molecule has 2 nitrogen and oxygen atoms in total. The maximum Gasteiger partial charge on any atom is 0.310 e. The maximum absolute atomic E-state index is 11.1. The van der Waals surface area contributed by atoms with Crippen LogP contribution in [-0.2, 0) is 4.79 Å². The van der Waals surface area contributed by atoms with Crippen LogP contribution in [-0.4, -0.2) is 11.1 Å². The number of hydrogen-bond acceptors (Lipinski definition) is 1. The van der Waals surface area contributed by atoms with Crippen LogP contribution in [0.3, 0.4) is 0 Å². The standard InChI is InChI=1S/C17H14Cl2O2/c1-11(17(20)21)10-16(12-2-6-14(18)7-3-12)13-4-8-15(19)9-5-13/h2-11H,1H3,(H,20,21)/t11-/m1/s1. The van der Waals surface area contributed by atoms with Gasteiger partial charge in [-0.05, 0) is 47.9 Å². The van der Waals surface area contributed by atoms with Crippen LogP contribution >= 0.6 is 23.2 Å². The molecule has 0 unspecified atom stereocenters. The van der Waals surface area contributed by atoms with Gasteiger partial charge < -0.3 is 5.11 Å². The lowest BCUT2D eigenvalue weighted by Gasteiger charge is -2.11. The van der Waals surface area contributed by atoms with Gasteiger partial charge in [0, 0.05) is 10.0 Å². The number of benzene rings is 2. The Kier molecular flexibility index (Phi) is 5.05. The average Bonchev–Trinajstić information content (AvgIpc) is 2.46. The smallest absolute Gasteiger partial charge is 0.310 e. The number of rotatable bonds is 4. The van der Waals surface area contributed by atoms with Crippen LogP contribution in [0.15, 0.2) is 54.6 Å². The molecule has 0 radical (unpaired) electrons. The molecule has 0 amide bonds. The van der Waals surface area contributed by atoms with E-state index in [2.05, 4.69) is 0 Å². The van der Waals surface area contributed by atoms with E-state index < -0.39 is 11.9 Å². The molecule has 0 bridgehead atoms. The van der Waals surface area contributed by atoms with Gasteiger partial charge in [0.2, 0.25) is 0 Å². The summed E-state index contributed by atoms with van der Waals surface area (Å²) in [6.45, 7) is 1.65. The molecular weight excluding hydrogens is 307 g/mol. The van der Waals surface area contributed by atoms with Crippen LogP contribution in [0.4, 0.5) is 0 Å². The first-order valence-electron chi connectivity index (χ1n) is 6.44. The van der Waals surface area contributed by atoms with Gasteiger partial charge in [0.25, 0.3) is 0 Å². The first-order chi connectivity index (χ1) is 9.97. The predicted molar refractivity (Wildman–Crippen MR) is 86.8 cm³/mol. The van der Waals surface area contributed by atoms with Gasteiger partial charge in [0.05, 0.1) is 5.92 Å². The normalized spacial score (nSPS) is 11.8. The minimum atomic E-state index is -0.865. The van der Waals surface area contributed by atoms with Crippen molar-refractivity contribution in [1.82, 2.24) is 0 Å². The van der Waals surface area contributed by atoms with E-state index in [1.54, 1.807) is 37.3 Å². The molecule has 2 aromatic rings. The van der Waals surface area contributed by atoms with Crippen molar-refractivity contribution < 1.29 is 9.90 Å². The van der Waals surface area contributed by atoms with E-state index in [9.17, 15) is 4.79 Å². The Bertz CT molecular complexity index is 611. The summed E-state index contributed by atoms with van der Waals surface area (Å²) in [5.74, 6) is -1.46. The molecule has 21 heavy (non-hydrogen) atoms. The Morgan fingerprint density at radius 1 is 0.952 bits per heavy atom. The zero-order valence-corrected chi connectivity index (χ0v) is 12.9. The minimum Gasteiger partial charge on any atom is -0.481 e. The average molecular weight is 321 g/mol. The molecular formula is C17H14Cl2O2. The summed E-state index contributed by atoms with van der Waals surface area (Å²) < 4.78 is 0. The van der Waals surface area contributed by atoms with Crippen LogP contribution < -0.4 is 0 Å². The Hall–Kier alpha value is -1.77. The van der Waals surface area contributed by atoms with E-state index in [1.807, 2.05) is 24.3 Å². The predicted octanol–water partition coefficient (Wildman–Crippen LogP) is 5.15. The maximum atomic E-state index is 11.1. The third kappa shape index (κ3) is 4.10. The van der Waals surface area contributed by atoms with Gasteiger partial charge in [0.15, 0.2) is 0 Å². The van der Waals surface area contributed by atoms with Gasteiger partial charge in [-0.3, -0.25) is 4.79 Å². The minimum absolute atomic E-state index is 0.591. The molecule has 1 N–H and O–H groups in total. The summed E-state index contributed by atoms with van der Waals surface area (Å²) >= 11 is 11.8. The van der Waals surface area contributed by atoms with Crippen molar-refractivity contribution in [1.29, 1.82) is 0 Å². The van der Waals surface area contributed by atoms with Crippen LogP contribution in [0, 0.1) is 5.92 Å². The molecule has 1 atom stereocenters. The third-order valence-corrected chi connectivity index (χ3v) is 3.62. The van der Waals surface area contributed by atoms with E-state index in [0.717, 1.165) is 16.7 Å². The number of aliphatic carboxylic acids is 1. The zero-order chi connectivity index (χ0) is 15.4. The first-order valence-corrected chi connectivity index (χ1v) is 7.19. The highest BCUT2D eigenvalue weighted by Gasteiger charge is 2.12. The molecule has 0 saturated carbocycles. The summed E-state index contributed by atoms with van der Waals surface area (Å²) in [5, 5.41) is 10.4. The summed E-state index contributed by atoms with van der Waals surface area (Å²) in [7, 11) is 0. The number of carbonyl (C=O) groups is 1. The van der Waals surface area contributed by atoms with Crippen molar-refractivity contribution in [3.05, 3.63) is 75.8 Å². The van der Waals surface area contributed by atoms with Gasteiger partial charge in [-0.2, -0.15) is 0 Å². The molecule has 0 fully saturated rings. The lowest BCUT2D eigenvalue weighted by Crippen LogP contribution is -2.07. The third-order valence-electron chi connectivity index (χ3n) is 3.12. The fraction of sp³-hybridized carbons (Fsp3) is 0.118. The molecule has 108 valence electrons. The van der Waals surface area contributed by atoms with E-state index >= 15 is 0 Å². The molecule has 0 aromatic heterocycles. The first kappa shape index (κ1) is 15.6. The SMILES string of the molecule is C[C@H](C=C(c1ccc(Cl)cc1)c1ccc(Cl)cc1)C(=O)O. The zero-order valence-electron chi connectivity index (χ0n) is 11.4. The fourth-order valence-electron chi connectivity index (χ4n) is 1.94. The molecule has 4 heteroatoms. The monoisotopic (exact) mass is 320 g/mol. The molecule has 0 aliphatic rings. The Morgan fingerprint density at radius 3 is 1.67 bits per heavy atom. The Labute approximate surface area is 133 Å². The van der Waals surface area contributed by atoms with E-state index in [-0.39, 0.29) is 0 Å². The second-order valence-electron chi connectivity index (χ2n) is 4.72. The topological polar surface area (TPSA) is 37.3 Å². The summed E-state index contributed by atoms with van der Waals surface area (Å²) in [4.78, 5) is 11.1. The Morgan fingerprint density at radius 2 is 1.33 bits per heavy atom. The van der Waals surface area contributed by atoms with Crippen LogP contribution in [0.1, 0.15) is 18.1 Å². The van der Waals surface area contributed by atoms with Gasteiger partial charge >= 0.3 is 5.97 Å². The van der Waals surface area contributed by atoms with E-state index in [1.165, 1.54) is 0 Å². The highest BCUT2D eigenvalue weighted by Crippen LogP contribution is 2.27. The number of carboxylic acid groups (broad SMARTS) is 1. The second kappa shape index (κ2) is 6.79. The van der Waals surface area contributed by atoms with Crippen molar-refractivity contribution in [2.45, 2.75) is 6.92 Å².